The van der Waals surface area contributed by atoms with Crippen molar-refractivity contribution in [2.45, 2.75) is 24.6 Å². The Morgan fingerprint density at radius 1 is 1.14 bits per heavy atom. The minimum Gasteiger partial charge on any atom is -0.375 e. The molecule has 14 heavy (non-hydrogen) atoms. The zero-order valence-corrected chi connectivity index (χ0v) is 7.20. The van der Waals surface area contributed by atoms with E-state index in [1.165, 1.54) is 0 Å². The van der Waals surface area contributed by atoms with Gasteiger partial charge in [0, 0.05) is 19.5 Å². The topological polar surface area (TPSA) is 21.3 Å². The van der Waals surface area contributed by atoms with E-state index in [1.54, 1.807) is 0 Å². The lowest BCUT2D eigenvalue weighted by atomic mass is 10.2. The van der Waals surface area contributed by atoms with Crippen LogP contribution in [0.3, 0.4) is 0 Å². The SMILES string of the molecule is FC(F)(F)C(F)(F)CCOC1CNC1. The monoisotopic (exact) mass is 219 g/mol. The van der Waals surface area contributed by atoms with Gasteiger partial charge in [0.25, 0.3) is 0 Å². The lowest BCUT2D eigenvalue weighted by molar-refractivity contribution is -0.287. The summed E-state index contributed by atoms with van der Waals surface area (Å²) >= 11 is 0. The van der Waals surface area contributed by atoms with E-state index in [4.69, 9.17) is 4.74 Å². The van der Waals surface area contributed by atoms with Crippen LogP contribution in [0.4, 0.5) is 22.0 Å². The van der Waals surface area contributed by atoms with Gasteiger partial charge < -0.3 is 10.1 Å². The van der Waals surface area contributed by atoms with Gasteiger partial charge in [-0.2, -0.15) is 22.0 Å². The summed E-state index contributed by atoms with van der Waals surface area (Å²) in [7, 11) is 0. The Hall–Kier alpha value is -0.430. The number of rotatable bonds is 4. The largest absolute Gasteiger partial charge is 0.453 e. The third-order valence-corrected chi connectivity index (χ3v) is 1.93. The van der Waals surface area contributed by atoms with Crippen molar-refractivity contribution < 1.29 is 26.7 Å². The summed E-state index contributed by atoms with van der Waals surface area (Å²) in [5.74, 6) is -4.65. The zero-order valence-electron chi connectivity index (χ0n) is 7.20. The molecule has 7 heteroatoms. The van der Waals surface area contributed by atoms with E-state index in [1.807, 2.05) is 0 Å². The van der Waals surface area contributed by atoms with Gasteiger partial charge in [-0.1, -0.05) is 0 Å². The molecular weight excluding hydrogens is 209 g/mol. The number of halogens is 5. The summed E-state index contributed by atoms with van der Waals surface area (Å²) in [6, 6.07) is 0. The molecule has 1 aliphatic heterocycles. The first-order chi connectivity index (χ1) is 6.33. The molecule has 0 amide bonds. The van der Waals surface area contributed by atoms with E-state index < -0.39 is 25.1 Å². The first kappa shape index (κ1) is 11.6. The molecule has 84 valence electrons. The normalized spacial score (nSPS) is 19.5. The molecule has 0 unspecified atom stereocenters. The Morgan fingerprint density at radius 3 is 2.07 bits per heavy atom. The van der Waals surface area contributed by atoms with Crippen molar-refractivity contribution in [3.05, 3.63) is 0 Å². The number of ether oxygens (including phenoxy) is 1. The maximum Gasteiger partial charge on any atom is 0.453 e. The molecule has 0 aromatic heterocycles. The molecule has 1 N–H and O–H groups in total. The lowest BCUT2D eigenvalue weighted by Crippen LogP contribution is -2.49. The first-order valence-electron chi connectivity index (χ1n) is 4.10. The molecule has 2 nitrogen and oxygen atoms in total. The van der Waals surface area contributed by atoms with Gasteiger partial charge in [-0.25, -0.2) is 0 Å². The third kappa shape index (κ3) is 2.78. The van der Waals surface area contributed by atoms with Crippen LogP contribution in [0.5, 0.6) is 0 Å². The predicted molar refractivity (Wildman–Crippen MR) is 38.2 cm³/mol. The van der Waals surface area contributed by atoms with E-state index in [-0.39, 0.29) is 6.10 Å². The Kier molecular flexibility index (Phi) is 3.31. The van der Waals surface area contributed by atoms with Crippen molar-refractivity contribution in [2.75, 3.05) is 19.7 Å². The third-order valence-electron chi connectivity index (χ3n) is 1.93. The molecule has 0 aromatic carbocycles. The van der Waals surface area contributed by atoms with E-state index in [2.05, 4.69) is 5.32 Å². The number of hydrogen-bond donors (Lipinski definition) is 1. The molecule has 1 rings (SSSR count). The molecule has 1 heterocycles. The average Bonchev–Trinajstić information content (AvgIpc) is 1.92. The van der Waals surface area contributed by atoms with E-state index in [0.29, 0.717) is 13.1 Å². The van der Waals surface area contributed by atoms with Crippen LogP contribution in [-0.2, 0) is 4.74 Å². The van der Waals surface area contributed by atoms with Crippen molar-refractivity contribution in [3.8, 4) is 0 Å². The molecule has 0 radical (unpaired) electrons. The maximum atomic E-state index is 12.3. The second kappa shape index (κ2) is 3.98. The summed E-state index contributed by atoms with van der Waals surface area (Å²) in [6.45, 7) is 0.452. The van der Waals surface area contributed by atoms with Gasteiger partial charge in [-0.05, 0) is 0 Å². The van der Waals surface area contributed by atoms with Crippen LogP contribution in [0, 0.1) is 0 Å². The Balaban J connectivity index is 2.21. The van der Waals surface area contributed by atoms with Crippen molar-refractivity contribution in [3.63, 3.8) is 0 Å². The number of hydrogen-bond acceptors (Lipinski definition) is 2. The second-order valence-corrected chi connectivity index (χ2v) is 3.10. The van der Waals surface area contributed by atoms with Gasteiger partial charge in [0.15, 0.2) is 0 Å². The zero-order chi connectivity index (χ0) is 10.8. The Labute approximate surface area is 77.4 Å². The molecule has 0 aliphatic carbocycles. The molecule has 0 spiro atoms. The highest BCUT2D eigenvalue weighted by molar-refractivity contribution is 4.78. The van der Waals surface area contributed by atoms with Crippen LogP contribution in [0.25, 0.3) is 0 Å². The predicted octanol–water partition coefficient (Wildman–Crippen LogP) is 1.56. The average molecular weight is 219 g/mol. The lowest BCUT2D eigenvalue weighted by Gasteiger charge is -2.28. The maximum absolute atomic E-state index is 12.3. The quantitative estimate of drug-likeness (QED) is 0.724. The molecule has 1 aliphatic rings. The van der Waals surface area contributed by atoms with E-state index in [9.17, 15) is 22.0 Å². The molecule has 0 bridgehead atoms. The van der Waals surface area contributed by atoms with E-state index in [0.717, 1.165) is 0 Å². The summed E-state index contributed by atoms with van der Waals surface area (Å²) < 4.78 is 64.2. The van der Waals surface area contributed by atoms with Crippen molar-refractivity contribution in [2.24, 2.45) is 0 Å². The summed E-state index contributed by atoms with van der Waals surface area (Å²) in [5, 5.41) is 2.80. The minimum atomic E-state index is -5.48. The van der Waals surface area contributed by atoms with Crippen LogP contribution in [0.2, 0.25) is 0 Å². The number of nitrogens with one attached hydrogen (secondary N) is 1. The molecule has 0 aromatic rings. The minimum absolute atomic E-state index is 0.223. The smallest absolute Gasteiger partial charge is 0.375 e. The molecule has 0 saturated carbocycles. The highest BCUT2D eigenvalue weighted by Gasteiger charge is 2.56. The Bertz CT molecular complexity index is 189. The molecule has 0 atom stereocenters. The molecule has 1 fully saturated rings. The standard InChI is InChI=1S/C7H10F5NO/c8-6(9,7(10,11)12)1-2-14-5-3-13-4-5/h5,13H,1-4H2. The molecular formula is C7H10F5NO. The Morgan fingerprint density at radius 2 is 1.71 bits per heavy atom. The fourth-order valence-electron chi connectivity index (χ4n) is 0.876. The summed E-state index contributed by atoms with van der Waals surface area (Å²) in [5.41, 5.74) is 0. The number of alkyl halides is 5. The van der Waals surface area contributed by atoms with Gasteiger partial charge in [0.05, 0.1) is 12.7 Å². The van der Waals surface area contributed by atoms with Gasteiger partial charge in [-0.3, -0.25) is 0 Å². The van der Waals surface area contributed by atoms with Crippen LogP contribution < -0.4 is 5.32 Å². The van der Waals surface area contributed by atoms with Crippen molar-refractivity contribution in [1.29, 1.82) is 0 Å². The summed E-state index contributed by atoms with van der Waals surface area (Å²) in [6.07, 6.45) is -7.01. The van der Waals surface area contributed by atoms with Crippen LogP contribution in [0.15, 0.2) is 0 Å². The van der Waals surface area contributed by atoms with Gasteiger partial charge in [-0.15, -0.1) is 0 Å². The van der Waals surface area contributed by atoms with Gasteiger partial charge in [0.1, 0.15) is 0 Å². The highest BCUT2D eigenvalue weighted by atomic mass is 19.4. The van der Waals surface area contributed by atoms with Gasteiger partial charge >= 0.3 is 12.1 Å². The summed E-state index contributed by atoms with van der Waals surface area (Å²) in [4.78, 5) is 0. The fourth-order valence-corrected chi connectivity index (χ4v) is 0.876. The fraction of sp³-hybridized carbons (Fsp3) is 1.00. The van der Waals surface area contributed by atoms with Crippen molar-refractivity contribution >= 4 is 0 Å². The highest BCUT2D eigenvalue weighted by Crippen LogP contribution is 2.37. The van der Waals surface area contributed by atoms with Crippen molar-refractivity contribution in [1.82, 2.24) is 5.32 Å². The van der Waals surface area contributed by atoms with Crippen LogP contribution in [0.1, 0.15) is 6.42 Å². The van der Waals surface area contributed by atoms with E-state index >= 15 is 0 Å². The van der Waals surface area contributed by atoms with Gasteiger partial charge in [0.2, 0.25) is 0 Å². The second-order valence-electron chi connectivity index (χ2n) is 3.10. The molecule has 1 saturated heterocycles. The van der Waals surface area contributed by atoms with Crippen LogP contribution >= 0.6 is 0 Å². The van der Waals surface area contributed by atoms with Crippen LogP contribution in [-0.4, -0.2) is 37.9 Å². The first-order valence-corrected chi connectivity index (χ1v) is 4.10.